The van der Waals surface area contributed by atoms with E-state index in [1.165, 1.54) is 24.3 Å². The number of benzene rings is 2. The van der Waals surface area contributed by atoms with Gasteiger partial charge in [-0.3, -0.25) is 14.9 Å². The summed E-state index contributed by atoms with van der Waals surface area (Å²) in [6.07, 6.45) is 0. The van der Waals surface area contributed by atoms with Crippen molar-refractivity contribution in [3.05, 3.63) is 74.5 Å². The van der Waals surface area contributed by atoms with Crippen LogP contribution in [0.15, 0.2) is 42.5 Å². The van der Waals surface area contributed by atoms with Crippen molar-refractivity contribution in [3.8, 4) is 0 Å². The standard InChI is InChI=1S/C14H8Cl2FNO3/c15-9-3-6-11(12(7-9)18(20)21)14(19)13(16)8-1-4-10(17)5-2-8/h1-7,13H. The third-order valence-electron chi connectivity index (χ3n) is 2.81. The Balaban J connectivity index is 2.40. The fourth-order valence-corrected chi connectivity index (χ4v) is 2.21. The van der Waals surface area contributed by atoms with E-state index in [1.807, 2.05) is 0 Å². The molecule has 0 saturated heterocycles. The van der Waals surface area contributed by atoms with Gasteiger partial charge in [-0.25, -0.2) is 4.39 Å². The summed E-state index contributed by atoms with van der Waals surface area (Å²) in [7, 11) is 0. The quantitative estimate of drug-likeness (QED) is 0.358. The van der Waals surface area contributed by atoms with E-state index in [2.05, 4.69) is 0 Å². The molecule has 2 aromatic carbocycles. The van der Waals surface area contributed by atoms with Gasteiger partial charge in [0.15, 0.2) is 5.78 Å². The zero-order chi connectivity index (χ0) is 15.6. The maximum absolute atomic E-state index is 12.9. The maximum atomic E-state index is 12.9. The van der Waals surface area contributed by atoms with E-state index < -0.39 is 27.6 Å². The van der Waals surface area contributed by atoms with Gasteiger partial charge in [-0.05, 0) is 29.8 Å². The van der Waals surface area contributed by atoms with E-state index in [4.69, 9.17) is 23.2 Å². The monoisotopic (exact) mass is 327 g/mol. The molecule has 1 atom stereocenters. The lowest BCUT2D eigenvalue weighted by molar-refractivity contribution is -0.385. The van der Waals surface area contributed by atoms with Crippen LogP contribution in [0.1, 0.15) is 21.3 Å². The number of hydrogen-bond donors (Lipinski definition) is 0. The fourth-order valence-electron chi connectivity index (χ4n) is 1.78. The molecular formula is C14H8Cl2FNO3. The van der Waals surface area contributed by atoms with Gasteiger partial charge in [-0.15, -0.1) is 11.6 Å². The van der Waals surface area contributed by atoms with Gasteiger partial charge in [-0.2, -0.15) is 0 Å². The smallest absolute Gasteiger partial charge is 0.281 e. The van der Waals surface area contributed by atoms with E-state index >= 15 is 0 Å². The molecule has 0 radical (unpaired) electrons. The number of nitro benzene ring substituents is 1. The molecule has 0 aromatic heterocycles. The molecule has 0 N–H and O–H groups in total. The number of hydrogen-bond acceptors (Lipinski definition) is 3. The van der Waals surface area contributed by atoms with Crippen LogP contribution >= 0.6 is 23.2 Å². The average Bonchev–Trinajstić information content (AvgIpc) is 2.46. The minimum atomic E-state index is -1.15. The normalized spacial score (nSPS) is 12.0. The first-order chi connectivity index (χ1) is 9.90. The zero-order valence-electron chi connectivity index (χ0n) is 10.4. The molecule has 2 aromatic rings. The molecule has 2 rings (SSSR count). The maximum Gasteiger partial charge on any atom is 0.281 e. The summed E-state index contributed by atoms with van der Waals surface area (Å²) in [6.45, 7) is 0. The Bertz CT molecular complexity index is 704. The van der Waals surface area contributed by atoms with E-state index in [0.29, 0.717) is 5.56 Å². The van der Waals surface area contributed by atoms with Crippen LogP contribution in [0.3, 0.4) is 0 Å². The van der Waals surface area contributed by atoms with Gasteiger partial charge in [-0.1, -0.05) is 23.7 Å². The Labute approximate surface area is 129 Å². The molecule has 7 heteroatoms. The summed E-state index contributed by atoms with van der Waals surface area (Å²) in [5, 5.41) is 9.98. The van der Waals surface area contributed by atoms with Gasteiger partial charge in [0.05, 0.1) is 10.5 Å². The number of carbonyl (C=O) groups is 1. The third kappa shape index (κ3) is 3.37. The topological polar surface area (TPSA) is 60.2 Å². The van der Waals surface area contributed by atoms with Crippen LogP contribution in [-0.4, -0.2) is 10.7 Å². The van der Waals surface area contributed by atoms with Crippen molar-refractivity contribution in [2.45, 2.75) is 5.38 Å². The van der Waals surface area contributed by atoms with Crippen molar-refractivity contribution in [2.24, 2.45) is 0 Å². The summed E-state index contributed by atoms with van der Waals surface area (Å²) >= 11 is 11.7. The number of ketones is 1. The number of rotatable bonds is 4. The molecule has 0 fully saturated rings. The van der Waals surface area contributed by atoms with E-state index in [-0.39, 0.29) is 10.6 Å². The Morgan fingerprint density at radius 3 is 2.38 bits per heavy atom. The first kappa shape index (κ1) is 15.4. The second-order valence-electron chi connectivity index (χ2n) is 4.20. The Morgan fingerprint density at radius 1 is 1.19 bits per heavy atom. The van der Waals surface area contributed by atoms with Crippen molar-refractivity contribution >= 4 is 34.7 Å². The van der Waals surface area contributed by atoms with Crippen molar-refractivity contribution in [3.63, 3.8) is 0 Å². The lowest BCUT2D eigenvalue weighted by Crippen LogP contribution is -2.10. The van der Waals surface area contributed by atoms with Crippen molar-refractivity contribution in [1.82, 2.24) is 0 Å². The van der Waals surface area contributed by atoms with Crippen LogP contribution in [0.5, 0.6) is 0 Å². The fraction of sp³-hybridized carbons (Fsp3) is 0.0714. The molecule has 0 aliphatic carbocycles. The predicted octanol–water partition coefficient (Wildman–Crippen LogP) is 4.55. The predicted molar refractivity (Wildman–Crippen MR) is 77.4 cm³/mol. The lowest BCUT2D eigenvalue weighted by Gasteiger charge is -2.09. The minimum Gasteiger partial charge on any atom is -0.292 e. The molecule has 4 nitrogen and oxygen atoms in total. The summed E-state index contributed by atoms with van der Waals surface area (Å²) in [4.78, 5) is 22.6. The molecule has 1 unspecified atom stereocenters. The highest BCUT2D eigenvalue weighted by atomic mass is 35.5. The molecule has 0 amide bonds. The SMILES string of the molecule is O=C(c1ccc(Cl)cc1[N+](=O)[O-])C(Cl)c1ccc(F)cc1. The molecule has 0 spiro atoms. The van der Waals surface area contributed by atoms with E-state index in [0.717, 1.165) is 18.2 Å². The highest BCUT2D eigenvalue weighted by Gasteiger charge is 2.27. The Hall–Kier alpha value is -1.98. The molecule has 0 saturated carbocycles. The molecule has 0 bridgehead atoms. The lowest BCUT2D eigenvalue weighted by atomic mass is 10.0. The third-order valence-corrected chi connectivity index (χ3v) is 3.50. The molecule has 0 aliphatic rings. The van der Waals surface area contributed by atoms with Gasteiger partial charge in [0, 0.05) is 11.1 Å². The number of carbonyl (C=O) groups excluding carboxylic acids is 1. The summed E-state index contributed by atoms with van der Waals surface area (Å²) in [5.74, 6) is -1.11. The molecule has 21 heavy (non-hydrogen) atoms. The van der Waals surface area contributed by atoms with Crippen LogP contribution in [0.2, 0.25) is 5.02 Å². The molecule has 0 heterocycles. The second-order valence-corrected chi connectivity index (χ2v) is 5.07. The van der Waals surface area contributed by atoms with Crippen molar-refractivity contribution < 1.29 is 14.1 Å². The van der Waals surface area contributed by atoms with Gasteiger partial charge < -0.3 is 0 Å². The largest absolute Gasteiger partial charge is 0.292 e. The number of nitro groups is 1. The summed E-state index contributed by atoms with van der Waals surface area (Å²) < 4.78 is 12.9. The molecule has 0 aliphatic heterocycles. The van der Waals surface area contributed by atoms with Gasteiger partial charge in [0.2, 0.25) is 0 Å². The van der Waals surface area contributed by atoms with Crippen molar-refractivity contribution in [2.75, 3.05) is 0 Å². The summed E-state index contributed by atoms with van der Waals surface area (Å²) in [5.41, 5.74) is -0.207. The first-order valence-electron chi connectivity index (χ1n) is 5.78. The number of nitrogens with zero attached hydrogens (tertiary/aromatic N) is 1. The number of Topliss-reactive ketones (excluding diaryl/α,β-unsaturated/α-hetero) is 1. The minimum absolute atomic E-state index is 0.145. The molecule has 108 valence electrons. The van der Waals surface area contributed by atoms with Gasteiger partial charge >= 0.3 is 0 Å². The Kier molecular flexibility index (Phi) is 4.55. The van der Waals surface area contributed by atoms with Crippen LogP contribution in [0.4, 0.5) is 10.1 Å². The highest BCUT2D eigenvalue weighted by molar-refractivity contribution is 6.35. The number of alkyl halides is 1. The molecular weight excluding hydrogens is 320 g/mol. The number of halogens is 3. The van der Waals surface area contributed by atoms with Gasteiger partial charge in [0.25, 0.3) is 5.69 Å². The Morgan fingerprint density at radius 2 is 1.81 bits per heavy atom. The second kappa shape index (κ2) is 6.20. The summed E-state index contributed by atoms with van der Waals surface area (Å²) in [6, 6.07) is 8.74. The van der Waals surface area contributed by atoms with Crippen LogP contribution < -0.4 is 0 Å². The zero-order valence-corrected chi connectivity index (χ0v) is 11.9. The van der Waals surface area contributed by atoms with Crippen LogP contribution in [0, 0.1) is 15.9 Å². The average molecular weight is 328 g/mol. The van der Waals surface area contributed by atoms with E-state index in [9.17, 15) is 19.3 Å². The first-order valence-corrected chi connectivity index (χ1v) is 6.59. The highest BCUT2D eigenvalue weighted by Crippen LogP contribution is 2.31. The van der Waals surface area contributed by atoms with Gasteiger partial charge in [0.1, 0.15) is 11.2 Å². The van der Waals surface area contributed by atoms with E-state index in [1.54, 1.807) is 0 Å². The van der Waals surface area contributed by atoms with Crippen molar-refractivity contribution in [1.29, 1.82) is 0 Å². The van der Waals surface area contributed by atoms with Crippen LogP contribution in [-0.2, 0) is 0 Å². The van der Waals surface area contributed by atoms with Crippen LogP contribution in [0.25, 0.3) is 0 Å².